The van der Waals surface area contributed by atoms with Gasteiger partial charge in [0.1, 0.15) is 6.04 Å². The Morgan fingerprint density at radius 1 is 1.17 bits per heavy atom. The first-order valence-corrected chi connectivity index (χ1v) is 12.2. The Hall–Kier alpha value is -3.66. The third-order valence-corrected chi connectivity index (χ3v) is 7.73. The predicted molar refractivity (Wildman–Crippen MR) is 129 cm³/mol. The SMILES string of the molecule is COC(=O)[C@@H]1C[C@H](c2ncc(C)s2)CN1C(=O)CNC(=O)c1ccc2c(c1)-c1ccccc1C2(F)F. The van der Waals surface area contributed by atoms with Crippen LogP contribution in [0.2, 0.25) is 0 Å². The maximum absolute atomic E-state index is 14.8. The number of likely N-dealkylation sites (tertiary alicyclic amines) is 1. The molecule has 5 rings (SSSR count). The van der Waals surface area contributed by atoms with Gasteiger partial charge in [0.25, 0.3) is 11.8 Å². The van der Waals surface area contributed by atoms with E-state index >= 15 is 0 Å². The minimum atomic E-state index is -3.14. The van der Waals surface area contributed by atoms with Crippen molar-refractivity contribution < 1.29 is 27.9 Å². The second-order valence-electron chi connectivity index (χ2n) is 8.89. The molecule has 2 aromatic carbocycles. The summed E-state index contributed by atoms with van der Waals surface area (Å²) >= 11 is 1.52. The summed E-state index contributed by atoms with van der Waals surface area (Å²) in [6, 6.07) is 9.42. The van der Waals surface area contributed by atoms with Gasteiger partial charge in [0.2, 0.25) is 5.91 Å². The van der Waals surface area contributed by atoms with Gasteiger partial charge in [-0.05, 0) is 36.6 Å². The Bertz CT molecular complexity index is 1370. The number of hydrogen-bond donors (Lipinski definition) is 1. The monoisotopic (exact) mass is 511 g/mol. The van der Waals surface area contributed by atoms with Gasteiger partial charge >= 0.3 is 5.97 Å². The number of hydrogen-bond acceptors (Lipinski definition) is 6. The van der Waals surface area contributed by atoms with Gasteiger partial charge in [-0.1, -0.05) is 30.3 Å². The Balaban J connectivity index is 1.30. The zero-order chi connectivity index (χ0) is 25.6. The third kappa shape index (κ3) is 4.05. The van der Waals surface area contributed by atoms with Crippen molar-refractivity contribution in [2.24, 2.45) is 0 Å². The van der Waals surface area contributed by atoms with Crippen molar-refractivity contribution in [3.63, 3.8) is 0 Å². The maximum atomic E-state index is 14.8. The molecule has 2 atom stereocenters. The number of methoxy groups -OCH3 is 1. The molecule has 36 heavy (non-hydrogen) atoms. The fraction of sp³-hybridized carbons (Fsp3) is 0.308. The van der Waals surface area contributed by atoms with Crippen LogP contribution in [0.15, 0.2) is 48.7 Å². The number of carbonyl (C=O) groups excluding carboxylic acids is 3. The van der Waals surface area contributed by atoms with E-state index in [1.807, 2.05) is 6.92 Å². The zero-order valence-electron chi connectivity index (χ0n) is 19.6. The first-order chi connectivity index (χ1) is 17.2. The van der Waals surface area contributed by atoms with Gasteiger partial charge in [-0.15, -0.1) is 11.3 Å². The quantitative estimate of drug-likeness (QED) is 0.526. The van der Waals surface area contributed by atoms with E-state index in [-0.39, 0.29) is 35.7 Å². The standard InChI is InChI=1S/C26H23F2N3O4S/c1-14-11-30-24(36-14)16-10-21(25(34)35-2)31(13-16)22(32)12-29-23(33)15-7-8-20-18(9-15)17-5-3-4-6-19(17)26(20,27)28/h3-9,11,16,21H,10,12-13H2,1-2H3,(H,29,33)/t16-,21-/m0/s1. The fourth-order valence-electron chi connectivity index (χ4n) is 4.89. The molecular formula is C26H23F2N3O4S. The van der Waals surface area contributed by atoms with Crippen LogP contribution in [0.1, 0.15) is 43.7 Å². The Morgan fingerprint density at radius 3 is 2.64 bits per heavy atom. The summed E-state index contributed by atoms with van der Waals surface area (Å²) in [6.07, 6.45) is 2.14. The van der Waals surface area contributed by atoms with Gasteiger partial charge in [0.15, 0.2) is 0 Å². The molecule has 2 aliphatic rings. The van der Waals surface area contributed by atoms with Gasteiger partial charge in [-0.25, -0.2) is 9.78 Å². The number of nitrogens with zero attached hydrogens (tertiary/aromatic N) is 2. The maximum Gasteiger partial charge on any atom is 0.328 e. The smallest absolute Gasteiger partial charge is 0.328 e. The molecule has 2 heterocycles. The van der Waals surface area contributed by atoms with E-state index < -0.39 is 29.7 Å². The van der Waals surface area contributed by atoms with Gasteiger partial charge in [-0.3, -0.25) is 9.59 Å². The van der Waals surface area contributed by atoms with Crippen LogP contribution in [0.3, 0.4) is 0 Å². The number of aromatic nitrogens is 1. The fourth-order valence-corrected chi connectivity index (χ4v) is 5.77. The molecule has 1 N–H and O–H groups in total. The largest absolute Gasteiger partial charge is 0.467 e. The first-order valence-electron chi connectivity index (χ1n) is 11.4. The number of aryl methyl sites for hydroxylation is 1. The van der Waals surface area contributed by atoms with Gasteiger partial charge in [0.05, 0.1) is 18.7 Å². The number of fused-ring (bicyclic) bond motifs is 3. The second kappa shape index (κ2) is 9.09. The third-order valence-electron chi connectivity index (χ3n) is 6.66. The molecule has 1 aliphatic heterocycles. The number of amides is 2. The molecule has 0 bridgehead atoms. The number of carbonyl (C=O) groups is 3. The molecule has 0 saturated carbocycles. The second-order valence-corrected chi connectivity index (χ2v) is 10.2. The molecule has 0 radical (unpaired) electrons. The van der Waals surface area contributed by atoms with Gasteiger partial charge in [-0.2, -0.15) is 8.78 Å². The highest BCUT2D eigenvalue weighted by molar-refractivity contribution is 7.11. The van der Waals surface area contributed by atoms with Crippen LogP contribution < -0.4 is 5.32 Å². The number of esters is 1. The molecule has 186 valence electrons. The number of ether oxygens (including phenoxy) is 1. The molecule has 1 saturated heterocycles. The number of nitrogens with one attached hydrogen (secondary N) is 1. The molecule has 2 amide bonds. The normalized spacial score (nSPS) is 19.5. The van der Waals surface area contributed by atoms with E-state index in [4.69, 9.17) is 4.74 Å². The summed E-state index contributed by atoms with van der Waals surface area (Å²) in [5, 5.41) is 3.41. The first kappa shape index (κ1) is 24.1. The van der Waals surface area contributed by atoms with Crippen LogP contribution in [0.25, 0.3) is 11.1 Å². The summed E-state index contributed by atoms with van der Waals surface area (Å²) < 4.78 is 34.5. The predicted octanol–water partition coefficient (Wildman–Crippen LogP) is 3.86. The lowest BCUT2D eigenvalue weighted by Crippen LogP contribution is -2.46. The number of rotatable bonds is 5. The lowest BCUT2D eigenvalue weighted by atomic mass is 10.0. The number of thiazole rings is 1. The highest BCUT2D eigenvalue weighted by Gasteiger charge is 2.44. The van der Waals surface area contributed by atoms with E-state index in [2.05, 4.69) is 10.3 Å². The van der Waals surface area contributed by atoms with Crippen molar-refractivity contribution in [1.29, 1.82) is 0 Å². The van der Waals surface area contributed by atoms with Crippen LogP contribution in [-0.2, 0) is 20.2 Å². The average Bonchev–Trinajstić information content (AvgIpc) is 3.57. The van der Waals surface area contributed by atoms with Gasteiger partial charge < -0.3 is 15.0 Å². The highest BCUT2D eigenvalue weighted by atomic mass is 32.1. The van der Waals surface area contributed by atoms with E-state index in [9.17, 15) is 23.2 Å². The number of halogens is 2. The summed E-state index contributed by atoms with van der Waals surface area (Å²) in [7, 11) is 1.27. The van der Waals surface area contributed by atoms with Gasteiger partial charge in [0, 0.05) is 40.2 Å². The summed E-state index contributed by atoms with van der Waals surface area (Å²) in [5.74, 6) is -4.77. The lowest BCUT2D eigenvalue weighted by Gasteiger charge is -2.22. The minimum Gasteiger partial charge on any atom is -0.467 e. The van der Waals surface area contributed by atoms with Crippen molar-refractivity contribution in [3.05, 3.63) is 75.2 Å². The molecule has 10 heteroatoms. The summed E-state index contributed by atoms with van der Waals surface area (Å²) in [6.45, 7) is 1.87. The van der Waals surface area contributed by atoms with Crippen molar-refractivity contribution in [2.75, 3.05) is 20.2 Å². The molecule has 1 aliphatic carbocycles. The van der Waals surface area contributed by atoms with E-state index in [1.165, 1.54) is 47.6 Å². The molecule has 0 unspecified atom stereocenters. The molecule has 3 aromatic rings. The molecule has 1 aromatic heterocycles. The minimum absolute atomic E-state index is 0.0967. The lowest BCUT2D eigenvalue weighted by molar-refractivity contribution is -0.150. The molecule has 7 nitrogen and oxygen atoms in total. The van der Waals surface area contributed by atoms with Crippen LogP contribution in [0, 0.1) is 6.92 Å². The molecule has 1 fully saturated rings. The van der Waals surface area contributed by atoms with E-state index in [0.29, 0.717) is 17.5 Å². The van der Waals surface area contributed by atoms with Crippen LogP contribution in [0.5, 0.6) is 0 Å². The Kier molecular flexibility index (Phi) is 6.07. The Morgan fingerprint density at radius 2 is 1.92 bits per heavy atom. The average molecular weight is 512 g/mol. The van der Waals surface area contributed by atoms with Crippen molar-refractivity contribution >= 4 is 29.1 Å². The summed E-state index contributed by atoms with van der Waals surface area (Å²) in [4.78, 5) is 45.0. The van der Waals surface area contributed by atoms with E-state index in [0.717, 1.165) is 9.88 Å². The number of alkyl halides is 2. The topological polar surface area (TPSA) is 88.6 Å². The molecular weight excluding hydrogens is 488 g/mol. The zero-order valence-corrected chi connectivity index (χ0v) is 20.4. The van der Waals surface area contributed by atoms with Crippen molar-refractivity contribution in [2.45, 2.75) is 31.2 Å². The Labute approximate surface area is 210 Å². The van der Waals surface area contributed by atoms with E-state index in [1.54, 1.807) is 24.4 Å². The van der Waals surface area contributed by atoms with Crippen molar-refractivity contribution in [1.82, 2.24) is 15.2 Å². The number of benzene rings is 2. The summed E-state index contributed by atoms with van der Waals surface area (Å²) in [5.41, 5.74) is 0.584. The van der Waals surface area contributed by atoms with Crippen LogP contribution in [0.4, 0.5) is 8.78 Å². The highest BCUT2D eigenvalue weighted by Crippen LogP contribution is 2.50. The van der Waals surface area contributed by atoms with Crippen LogP contribution >= 0.6 is 11.3 Å². The van der Waals surface area contributed by atoms with Crippen molar-refractivity contribution in [3.8, 4) is 11.1 Å². The van der Waals surface area contributed by atoms with Crippen LogP contribution in [-0.4, -0.2) is 53.9 Å². The molecule has 0 spiro atoms.